The molecule has 0 aliphatic carbocycles. The van der Waals surface area contributed by atoms with Crippen LogP contribution in [-0.4, -0.2) is 39.0 Å². The molecule has 0 bridgehead atoms. The predicted molar refractivity (Wildman–Crippen MR) is 108 cm³/mol. The second-order valence-corrected chi connectivity index (χ2v) is 9.53. The average molecular weight is 470 g/mol. The molecule has 1 fully saturated rings. The van der Waals surface area contributed by atoms with Crippen LogP contribution in [-0.2, 0) is 10.0 Å². The Kier molecular flexibility index (Phi) is 6.41. The number of rotatable bonds is 7. The fraction of sp³-hybridized carbons (Fsp3) is 0.278. The smallest absolute Gasteiger partial charge is 0.244 e. The number of hydrogen-bond donors (Lipinski definition) is 0. The van der Waals surface area contributed by atoms with E-state index in [9.17, 15) is 12.8 Å². The molecule has 1 aliphatic rings. The molecule has 2 aromatic rings. The zero-order valence-corrected chi connectivity index (χ0v) is 17.6. The van der Waals surface area contributed by atoms with Gasteiger partial charge in [0.1, 0.15) is 22.5 Å². The van der Waals surface area contributed by atoms with Gasteiger partial charge in [0, 0.05) is 41.0 Å². The molecular formula is C18H14Cl2FN5O3S. The number of benzene rings is 2. The maximum Gasteiger partial charge on any atom is 0.244 e. The van der Waals surface area contributed by atoms with Crippen LogP contribution in [0.1, 0.15) is 5.56 Å². The second-order valence-electron chi connectivity index (χ2n) is 6.78. The van der Waals surface area contributed by atoms with E-state index in [1.165, 1.54) is 34.6 Å². The third-order valence-electron chi connectivity index (χ3n) is 4.61. The van der Waals surface area contributed by atoms with Crippen molar-refractivity contribution in [3.8, 4) is 11.8 Å². The van der Waals surface area contributed by atoms with Crippen LogP contribution in [0.25, 0.3) is 10.4 Å². The number of sulfonamides is 1. The molecule has 0 unspecified atom stereocenters. The van der Waals surface area contributed by atoms with E-state index >= 15 is 0 Å². The lowest BCUT2D eigenvalue weighted by Gasteiger charge is -2.48. The van der Waals surface area contributed by atoms with Gasteiger partial charge in [0.05, 0.1) is 17.2 Å². The summed E-state index contributed by atoms with van der Waals surface area (Å²) in [5.41, 5.74) is 7.76. The highest BCUT2D eigenvalue weighted by Gasteiger charge is 2.49. The third kappa shape index (κ3) is 4.46. The van der Waals surface area contributed by atoms with Gasteiger partial charge < -0.3 is 4.74 Å². The van der Waals surface area contributed by atoms with Crippen LogP contribution < -0.4 is 4.74 Å². The summed E-state index contributed by atoms with van der Waals surface area (Å²) in [7, 11) is -3.89. The summed E-state index contributed by atoms with van der Waals surface area (Å²) in [5.74, 6) is -0.553. The highest BCUT2D eigenvalue weighted by Crippen LogP contribution is 2.38. The van der Waals surface area contributed by atoms with Gasteiger partial charge in [-0.25, -0.2) is 12.8 Å². The van der Waals surface area contributed by atoms with Crippen molar-refractivity contribution in [1.29, 1.82) is 5.26 Å². The summed E-state index contributed by atoms with van der Waals surface area (Å²) < 4.78 is 46.3. The molecule has 0 atom stereocenters. The monoisotopic (exact) mass is 469 g/mol. The molecule has 1 aliphatic heterocycles. The van der Waals surface area contributed by atoms with Crippen LogP contribution in [0.3, 0.4) is 0 Å². The van der Waals surface area contributed by atoms with Crippen LogP contribution in [0.4, 0.5) is 4.39 Å². The van der Waals surface area contributed by atoms with E-state index in [2.05, 4.69) is 10.0 Å². The van der Waals surface area contributed by atoms with Crippen molar-refractivity contribution in [3.05, 3.63) is 68.3 Å². The number of halogens is 3. The molecule has 8 nitrogen and oxygen atoms in total. The molecule has 12 heteroatoms. The number of ether oxygens (including phenoxy) is 1. The first-order chi connectivity index (χ1) is 14.2. The van der Waals surface area contributed by atoms with Gasteiger partial charge in [-0.15, -0.1) is 0 Å². The predicted octanol–water partition coefficient (Wildman–Crippen LogP) is 4.38. The highest BCUT2D eigenvalue weighted by molar-refractivity contribution is 7.89. The standard InChI is InChI=1S/C18H14Cl2FN5O3S/c19-13-2-4-17(15(20)5-13)30(27,28)26-9-18(10-26,8-24-25-23)11-29-14-3-1-12(7-22)16(21)6-14/h1-6H,8-11H2. The van der Waals surface area contributed by atoms with E-state index in [0.717, 1.165) is 6.07 Å². The lowest BCUT2D eigenvalue weighted by Crippen LogP contribution is -2.62. The van der Waals surface area contributed by atoms with Crippen molar-refractivity contribution in [2.45, 2.75) is 4.90 Å². The minimum absolute atomic E-state index is 0.000599. The van der Waals surface area contributed by atoms with E-state index in [1.54, 1.807) is 6.07 Å². The van der Waals surface area contributed by atoms with Crippen molar-refractivity contribution in [2.24, 2.45) is 10.5 Å². The fourth-order valence-electron chi connectivity index (χ4n) is 3.03. The number of nitrogens with zero attached hydrogens (tertiary/aromatic N) is 5. The first-order valence-electron chi connectivity index (χ1n) is 8.49. The fourth-order valence-corrected chi connectivity index (χ4v) is 5.44. The zero-order valence-electron chi connectivity index (χ0n) is 15.3. The minimum Gasteiger partial charge on any atom is -0.493 e. The molecule has 30 heavy (non-hydrogen) atoms. The van der Waals surface area contributed by atoms with Crippen LogP contribution in [0.2, 0.25) is 10.0 Å². The summed E-state index contributed by atoms with van der Waals surface area (Å²) >= 11 is 11.9. The topological polar surface area (TPSA) is 119 Å². The van der Waals surface area contributed by atoms with Crippen molar-refractivity contribution in [3.63, 3.8) is 0 Å². The lowest BCUT2D eigenvalue weighted by molar-refractivity contribution is 0.0270. The van der Waals surface area contributed by atoms with E-state index in [-0.39, 0.29) is 47.5 Å². The third-order valence-corrected chi connectivity index (χ3v) is 7.12. The Morgan fingerprint density at radius 2 is 2.03 bits per heavy atom. The molecule has 2 aromatic carbocycles. The normalized spacial score (nSPS) is 15.5. The first kappa shape index (κ1) is 22.2. The zero-order chi connectivity index (χ0) is 21.9. The Morgan fingerprint density at radius 3 is 2.63 bits per heavy atom. The van der Waals surface area contributed by atoms with E-state index < -0.39 is 21.3 Å². The molecule has 1 saturated heterocycles. The maximum atomic E-state index is 13.8. The van der Waals surface area contributed by atoms with Crippen LogP contribution in [0.15, 0.2) is 46.4 Å². The molecule has 0 amide bonds. The average Bonchev–Trinajstić information content (AvgIpc) is 2.66. The summed E-state index contributed by atoms with van der Waals surface area (Å²) in [6.45, 7) is 0.0124. The van der Waals surface area contributed by atoms with Crippen molar-refractivity contribution in [1.82, 2.24) is 4.31 Å². The Morgan fingerprint density at radius 1 is 1.30 bits per heavy atom. The Balaban J connectivity index is 1.76. The molecule has 0 N–H and O–H groups in total. The van der Waals surface area contributed by atoms with Crippen LogP contribution in [0.5, 0.6) is 5.75 Å². The Hall–Kier alpha value is -2.54. The molecule has 1 heterocycles. The molecule has 3 rings (SSSR count). The Labute approximate surface area is 182 Å². The van der Waals surface area contributed by atoms with Gasteiger partial charge in [-0.2, -0.15) is 9.57 Å². The summed E-state index contributed by atoms with van der Waals surface area (Å²) in [6, 6.07) is 9.59. The van der Waals surface area contributed by atoms with Crippen molar-refractivity contribution >= 4 is 33.2 Å². The molecular weight excluding hydrogens is 456 g/mol. The van der Waals surface area contributed by atoms with E-state index in [1.807, 2.05) is 0 Å². The maximum absolute atomic E-state index is 13.8. The van der Waals surface area contributed by atoms with E-state index in [4.69, 9.17) is 38.7 Å². The first-order valence-corrected chi connectivity index (χ1v) is 10.7. The molecule has 0 saturated carbocycles. The largest absolute Gasteiger partial charge is 0.493 e. The van der Waals surface area contributed by atoms with Gasteiger partial charge in [0.2, 0.25) is 10.0 Å². The quantitative estimate of drug-likeness (QED) is 0.339. The van der Waals surface area contributed by atoms with Gasteiger partial charge in [0.25, 0.3) is 0 Å². The lowest BCUT2D eigenvalue weighted by atomic mass is 9.82. The summed E-state index contributed by atoms with van der Waals surface area (Å²) in [4.78, 5) is 2.65. The highest BCUT2D eigenvalue weighted by atomic mass is 35.5. The number of nitriles is 1. The second kappa shape index (κ2) is 8.68. The van der Waals surface area contributed by atoms with E-state index in [0.29, 0.717) is 5.02 Å². The van der Waals surface area contributed by atoms with Crippen molar-refractivity contribution in [2.75, 3.05) is 26.2 Å². The Bertz CT molecular complexity index is 1170. The van der Waals surface area contributed by atoms with Crippen LogP contribution in [0, 0.1) is 22.6 Å². The van der Waals surface area contributed by atoms with Gasteiger partial charge in [-0.1, -0.05) is 28.3 Å². The van der Waals surface area contributed by atoms with Gasteiger partial charge >= 0.3 is 0 Å². The molecule has 0 radical (unpaired) electrons. The van der Waals surface area contributed by atoms with Crippen molar-refractivity contribution < 1.29 is 17.5 Å². The SMILES string of the molecule is N#Cc1ccc(OCC2(CN=[N+]=[N-])CN(S(=O)(=O)c3ccc(Cl)cc3Cl)C2)cc1F. The minimum atomic E-state index is -3.89. The summed E-state index contributed by atoms with van der Waals surface area (Å²) in [5, 5.41) is 12.7. The molecule has 156 valence electrons. The summed E-state index contributed by atoms with van der Waals surface area (Å²) in [6.07, 6.45) is 0. The molecule has 0 spiro atoms. The number of hydrogen-bond acceptors (Lipinski definition) is 5. The van der Waals surface area contributed by atoms with Crippen LogP contribution >= 0.6 is 23.2 Å². The van der Waals surface area contributed by atoms with Gasteiger partial charge in [0.15, 0.2) is 0 Å². The molecule has 0 aromatic heterocycles. The van der Waals surface area contributed by atoms with Gasteiger partial charge in [-0.05, 0) is 35.9 Å². The number of azide groups is 1. The van der Waals surface area contributed by atoms with Gasteiger partial charge in [-0.3, -0.25) is 0 Å².